The molecule has 21 heteroatoms. The second kappa shape index (κ2) is 23.6. The number of carboxylic acid groups (broad SMARTS) is 3. The number of carboxylic acids is 3. The third kappa shape index (κ3) is 17.9. The van der Waals surface area contributed by atoms with Gasteiger partial charge in [-0.1, -0.05) is 27.7 Å². The molecule has 0 rings (SSSR count). The largest absolute Gasteiger partial charge is 0.481 e. The van der Waals surface area contributed by atoms with Crippen molar-refractivity contribution >= 4 is 53.4 Å². The molecule has 0 aliphatic carbocycles. The average molecular weight is 747 g/mol. The number of aliphatic hydroxyl groups excluding tert-OH is 1. The minimum atomic E-state index is -1.92. The Morgan fingerprint density at radius 3 is 1.40 bits per heavy atom. The topological polar surface area (TPSA) is 359 Å². The van der Waals surface area contributed by atoms with Gasteiger partial charge in [0.1, 0.15) is 36.3 Å². The van der Waals surface area contributed by atoms with Gasteiger partial charge in [-0.05, 0) is 51.0 Å². The number of aliphatic hydroxyl groups is 1. The number of unbranched alkanes of at least 4 members (excludes halogenated alkanes) is 1. The molecule has 52 heavy (non-hydrogen) atoms. The van der Waals surface area contributed by atoms with Crippen molar-refractivity contribution in [2.75, 3.05) is 13.2 Å². The van der Waals surface area contributed by atoms with Crippen molar-refractivity contribution < 1.29 is 63.6 Å². The smallest absolute Gasteiger partial charge is 0.326 e. The number of amides is 6. The summed E-state index contributed by atoms with van der Waals surface area (Å²) in [6, 6.07) is -10.4. The maximum Gasteiger partial charge on any atom is 0.326 e. The maximum atomic E-state index is 13.1. The Morgan fingerprint density at radius 2 is 0.981 bits per heavy atom. The van der Waals surface area contributed by atoms with Gasteiger partial charge in [0.05, 0.1) is 25.5 Å². The third-order valence-electron chi connectivity index (χ3n) is 7.51. The highest BCUT2D eigenvalue weighted by atomic mass is 16.4. The highest BCUT2D eigenvalue weighted by Gasteiger charge is 2.34. The minimum Gasteiger partial charge on any atom is -0.481 e. The van der Waals surface area contributed by atoms with E-state index in [1.165, 1.54) is 0 Å². The van der Waals surface area contributed by atoms with Crippen LogP contribution in [0.1, 0.15) is 73.1 Å². The predicted molar refractivity (Wildman–Crippen MR) is 182 cm³/mol. The highest BCUT2D eigenvalue weighted by Crippen LogP contribution is 2.08. The number of hydrogen-bond donors (Lipinski definition) is 12. The van der Waals surface area contributed by atoms with E-state index in [-0.39, 0.29) is 31.2 Å². The second-order valence-corrected chi connectivity index (χ2v) is 12.9. The van der Waals surface area contributed by atoms with Crippen molar-refractivity contribution in [1.82, 2.24) is 31.9 Å². The Kier molecular flexibility index (Phi) is 21.3. The van der Waals surface area contributed by atoms with E-state index in [9.17, 15) is 63.6 Å². The summed E-state index contributed by atoms with van der Waals surface area (Å²) >= 11 is 0. The Labute approximate surface area is 300 Å². The molecule has 0 aliphatic heterocycles. The first-order valence-corrected chi connectivity index (χ1v) is 16.7. The molecule has 0 bridgehead atoms. The van der Waals surface area contributed by atoms with E-state index < -0.39 is 115 Å². The predicted octanol–water partition coefficient (Wildman–Crippen LogP) is -3.90. The van der Waals surface area contributed by atoms with Crippen molar-refractivity contribution in [3.63, 3.8) is 0 Å². The molecule has 0 aromatic heterocycles. The van der Waals surface area contributed by atoms with Gasteiger partial charge in [-0.25, -0.2) is 4.79 Å². The van der Waals surface area contributed by atoms with Crippen LogP contribution in [0.5, 0.6) is 0 Å². The van der Waals surface area contributed by atoms with Crippen LogP contribution in [0.15, 0.2) is 0 Å². The molecule has 296 valence electrons. The summed E-state index contributed by atoms with van der Waals surface area (Å²) in [6.45, 7) is 7.43. The number of rotatable bonds is 25. The molecule has 0 heterocycles. The quantitative estimate of drug-likeness (QED) is 0.0397. The van der Waals surface area contributed by atoms with E-state index in [0.717, 1.165) is 6.92 Å². The number of nitrogens with one attached hydrogen (secondary N) is 6. The lowest BCUT2D eigenvalue weighted by atomic mass is 10.0. The third-order valence-corrected chi connectivity index (χ3v) is 7.51. The van der Waals surface area contributed by atoms with Gasteiger partial charge in [0, 0.05) is 0 Å². The summed E-state index contributed by atoms with van der Waals surface area (Å²) in [4.78, 5) is 112. The zero-order chi connectivity index (χ0) is 40.3. The summed E-state index contributed by atoms with van der Waals surface area (Å²) in [5.41, 5.74) is 11.3. The molecule has 14 N–H and O–H groups in total. The van der Waals surface area contributed by atoms with Crippen LogP contribution in [0.2, 0.25) is 0 Å². The Balaban J connectivity index is 5.78. The van der Waals surface area contributed by atoms with Crippen LogP contribution >= 0.6 is 0 Å². The summed E-state index contributed by atoms with van der Waals surface area (Å²) in [5.74, 6) is -11.1. The van der Waals surface area contributed by atoms with Crippen molar-refractivity contribution in [2.24, 2.45) is 23.3 Å². The van der Waals surface area contributed by atoms with Crippen LogP contribution in [0.25, 0.3) is 0 Å². The molecular weight excluding hydrogens is 692 g/mol. The zero-order valence-corrected chi connectivity index (χ0v) is 30.0. The lowest BCUT2D eigenvalue weighted by Crippen LogP contribution is -2.60. The maximum absolute atomic E-state index is 13.1. The van der Waals surface area contributed by atoms with E-state index >= 15 is 0 Å². The fourth-order valence-electron chi connectivity index (χ4n) is 4.48. The number of hydrogen-bond acceptors (Lipinski definition) is 12. The van der Waals surface area contributed by atoms with E-state index in [4.69, 9.17) is 11.5 Å². The summed E-state index contributed by atoms with van der Waals surface area (Å²) in [6.07, 6.45) is -1.26. The molecule has 0 aromatic rings. The molecule has 0 saturated carbocycles. The van der Waals surface area contributed by atoms with Gasteiger partial charge in [-0.3, -0.25) is 38.4 Å². The second-order valence-electron chi connectivity index (χ2n) is 12.9. The van der Waals surface area contributed by atoms with E-state index in [0.29, 0.717) is 12.8 Å². The lowest BCUT2D eigenvalue weighted by molar-refractivity contribution is -0.145. The van der Waals surface area contributed by atoms with Gasteiger partial charge in [-0.15, -0.1) is 0 Å². The fourth-order valence-corrected chi connectivity index (χ4v) is 4.48. The molecule has 0 fully saturated rings. The van der Waals surface area contributed by atoms with Crippen molar-refractivity contribution in [3.05, 3.63) is 0 Å². The fraction of sp³-hybridized carbons (Fsp3) is 0.710. The molecule has 0 aliphatic rings. The van der Waals surface area contributed by atoms with Crippen molar-refractivity contribution in [1.29, 1.82) is 0 Å². The van der Waals surface area contributed by atoms with E-state index in [1.54, 1.807) is 27.7 Å². The van der Waals surface area contributed by atoms with Gasteiger partial charge < -0.3 is 63.8 Å². The van der Waals surface area contributed by atoms with Crippen LogP contribution in [0.4, 0.5) is 0 Å². The summed E-state index contributed by atoms with van der Waals surface area (Å²) in [5, 5.41) is 51.2. The Morgan fingerprint density at radius 1 is 0.558 bits per heavy atom. The number of carbonyl (C=O) groups is 9. The number of carbonyl (C=O) groups excluding carboxylic acids is 6. The van der Waals surface area contributed by atoms with Crippen LogP contribution in [-0.2, 0) is 43.2 Å². The van der Waals surface area contributed by atoms with E-state index in [1.807, 2.05) is 5.32 Å². The normalized spacial score (nSPS) is 15.1. The molecule has 6 amide bonds. The van der Waals surface area contributed by atoms with Gasteiger partial charge in [0.25, 0.3) is 0 Å². The van der Waals surface area contributed by atoms with Crippen LogP contribution in [0, 0.1) is 11.8 Å². The molecular formula is C31H54N8O13. The first kappa shape index (κ1) is 47.1. The number of nitrogens with two attached hydrogens (primary N) is 2. The average Bonchev–Trinajstić information content (AvgIpc) is 3.04. The van der Waals surface area contributed by atoms with Crippen molar-refractivity contribution in [3.8, 4) is 0 Å². The van der Waals surface area contributed by atoms with Gasteiger partial charge >= 0.3 is 17.9 Å². The van der Waals surface area contributed by atoms with Crippen LogP contribution < -0.4 is 43.4 Å². The van der Waals surface area contributed by atoms with Gasteiger partial charge in [0.15, 0.2) is 0 Å². The van der Waals surface area contributed by atoms with Gasteiger partial charge in [0.2, 0.25) is 35.4 Å². The summed E-state index contributed by atoms with van der Waals surface area (Å²) < 4.78 is 0. The molecule has 0 aromatic carbocycles. The molecule has 7 atom stereocenters. The molecule has 0 saturated heterocycles. The molecule has 0 spiro atoms. The Bertz CT molecular complexity index is 1280. The van der Waals surface area contributed by atoms with Crippen LogP contribution in [0.3, 0.4) is 0 Å². The molecule has 21 nitrogen and oxygen atoms in total. The monoisotopic (exact) mass is 746 g/mol. The van der Waals surface area contributed by atoms with Crippen LogP contribution in [-0.4, -0.2) is 129 Å². The standard InChI is InChI=1S/C31H54N8O13/c1-14(2)10-18(38-30(50)24(33)15(3)4)26(46)39-21(13-40)29(49)34-16(5)25(45)36-19(11-22(41)42)28(48)37-20(12-23(43)44)27(47)35-17(31(51)52)8-6-7-9-32/h14-21,24,40H,6-13,32-33H2,1-5H3,(H,34,49)(H,35,47)(H,36,45)(H,37,48)(H,38,50)(H,39,46)(H,41,42)(H,43,44)(H,51,52)/t16-,17-,18-,19-,20-,21-,24-/m0/s1. The highest BCUT2D eigenvalue weighted by molar-refractivity contribution is 5.98. The zero-order valence-electron chi connectivity index (χ0n) is 30.0. The lowest BCUT2D eigenvalue weighted by Gasteiger charge is -2.26. The Hall–Kier alpha value is -4.89. The number of aliphatic carboxylic acids is 3. The van der Waals surface area contributed by atoms with E-state index in [2.05, 4.69) is 26.6 Å². The minimum absolute atomic E-state index is 0.0593. The van der Waals surface area contributed by atoms with Gasteiger partial charge in [-0.2, -0.15) is 0 Å². The summed E-state index contributed by atoms with van der Waals surface area (Å²) in [7, 11) is 0. The van der Waals surface area contributed by atoms with Crippen molar-refractivity contribution in [2.45, 2.75) is 115 Å². The first-order chi connectivity index (χ1) is 24.1. The SMILES string of the molecule is CC(C)C[C@H](NC(=O)[C@@H](N)C(C)C)C(=O)N[C@@H](CO)C(=O)N[C@@H](C)C(=O)N[C@@H](CC(=O)O)C(=O)N[C@@H](CC(=O)O)C(=O)N[C@@H](CCCCN)C(=O)O. The molecule has 0 unspecified atom stereocenters. The first-order valence-electron chi connectivity index (χ1n) is 16.7. The molecule has 0 radical (unpaired) electrons.